The van der Waals surface area contributed by atoms with Crippen LogP contribution in [0.1, 0.15) is 5.56 Å². The van der Waals surface area contributed by atoms with Crippen molar-refractivity contribution in [3.05, 3.63) is 54.2 Å². The molecule has 0 fully saturated rings. The molecule has 2 N–H and O–H groups in total. The van der Waals surface area contributed by atoms with E-state index in [-0.39, 0.29) is 12.4 Å². The molecule has 0 saturated carbocycles. The van der Waals surface area contributed by atoms with Crippen LogP contribution in [0.25, 0.3) is 10.9 Å². The van der Waals surface area contributed by atoms with E-state index in [9.17, 15) is 0 Å². The average molecular weight is 319 g/mol. The number of nitrogens with one attached hydrogen (secondary N) is 2. The lowest BCUT2D eigenvalue weighted by Gasteiger charge is -2.12. The molecule has 4 nitrogen and oxygen atoms in total. The number of benzene rings is 2. The molecule has 0 aliphatic heterocycles. The van der Waals surface area contributed by atoms with Crippen LogP contribution in [0.2, 0.25) is 0 Å². The van der Waals surface area contributed by atoms with Crippen molar-refractivity contribution in [2.24, 2.45) is 0 Å². The van der Waals surface area contributed by atoms with Gasteiger partial charge in [0.1, 0.15) is 11.5 Å². The Bertz CT molecular complexity index is 755. The van der Waals surface area contributed by atoms with Gasteiger partial charge in [0, 0.05) is 24.3 Å². The smallest absolute Gasteiger partial charge is 0.145 e. The number of methoxy groups -OCH3 is 2. The largest absolute Gasteiger partial charge is 0.497 e. The predicted molar refractivity (Wildman–Crippen MR) is 92.4 cm³/mol. The molecule has 0 radical (unpaired) electrons. The number of aromatic amines is 1. The summed E-state index contributed by atoms with van der Waals surface area (Å²) in [5, 5.41) is 4.62. The molecule has 2 aromatic carbocycles. The lowest BCUT2D eigenvalue weighted by Crippen LogP contribution is -2.01. The van der Waals surface area contributed by atoms with Crippen molar-refractivity contribution in [3.8, 4) is 11.5 Å². The molecule has 3 rings (SSSR count). The van der Waals surface area contributed by atoms with Crippen LogP contribution in [0.3, 0.4) is 0 Å². The molecule has 0 aliphatic carbocycles. The van der Waals surface area contributed by atoms with Gasteiger partial charge in [-0.15, -0.1) is 12.4 Å². The Balaban J connectivity index is 0.00000176. The molecule has 0 bridgehead atoms. The van der Waals surface area contributed by atoms with Gasteiger partial charge in [-0.25, -0.2) is 0 Å². The van der Waals surface area contributed by atoms with Crippen LogP contribution in [0.4, 0.5) is 5.69 Å². The fourth-order valence-corrected chi connectivity index (χ4v) is 2.35. The third-order valence-corrected chi connectivity index (χ3v) is 3.51. The highest BCUT2D eigenvalue weighted by Gasteiger charge is 2.05. The predicted octanol–water partition coefficient (Wildman–Crippen LogP) is 4.22. The van der Waals surface area contributed by atoms with Gasteiger partial charge in [0.05, 0.1) is 19.9 Å². The highest BCUT2D eigenvalue weighted by atomic mass is 35.5. The van der Waals surface area contributed by atoms with Crippen molar-refractivity contribution in [1.29, 1.82) is 0 Å². The van der Waals surface area contributed by atoms with Gasteiger partial charge in [0.15, 0.2) is 0 Å². The van der Waals surface area contributed by atoms with Crippen LogP contribution in [-0.2, 0) is 6.54 Å². The van der Waals surface area contributed by atoms with Crippen LogP contribution in [-0.4, -0.2) is 19.2 Å². The second-order valence-corrected chi connectivity index (χ2v) is 4.82. The van der Waals surface area contributed by atoms with E-state index in [2.05, 4.69) is 34.6 Å². The first kappa shape index (κ1) is 16.0. The van der Waals surface area contributed by atoms with E-state index in [1.165, 1.54) is 10.9 Å². The summed E-state index contributed by atoms with van der Waals surface area (Å²) in [6.07, 6.45) is 1.95. The van der Waals surface area contributed by atoms with E-state index in [1.54, 1.807) is 14.2 Å². The maximum atomic E-state index is 5.39. The van der Waals surface area contributed by atoms with E-state index in [1.807, 2.05) is 24.4 Å². The Morgan fingerprint density at radius 3 is 2.64 bits per heavy atom. The Morgan fingerprint density at radius 2 is 1.86 bits per heavy atom. The highest BCUT2D eigenvalue weighted by molar-refractivity contribution is 5.85. The van der Waals surface area contributed by atoms with Gasteiger partial charge in [-0.05, 0) is 41.3 Å². The lowest BCUT2D eigenvalue weighted by molar-refractivity contribution is 0.395. The molecule has 5 heteroatoms. The van der Waals surface area contributed by atoms with E-state index >= 15 is 0 Å². The number of anilines is 1. The SMILES string of the molecule is COc1ccc(NCc2ccc3[nH]ccc3c2)c(OC)c1.Cl. The van der Waals surface area contributed by atoms with Crippen molar-refractivity contribution in [2.45, 2.75) is 6.54 Å². The normalized spacial score (nSPS) is 10.1. The van der Waals surface area contributed by atoms with Crippen molar-refractivity contribution in [3.63, 3.8) is 0 Å². The molecule has 1 aromatic heterocycles. The summed E-state index contributed by atoms with van der Waals surface area (Å²) in [5.41, 5.74) is 3.33. The fraction of sp³-hybridized carbons (Fsp3) is 0.176. The Morgan fingerprint density at radius 1 is 1.00 bits per heavy atom. The molecule has 116 valence electrons. The molecule has 0 amide bonds. The first-order chi connectivity index (χ1) is 10.3. The maximum Gasteiger partial charge on any atom is 0.145 e. The summed E-state index contributed by atoms with van der Waals surface area (Å²) < 4.78 is 10.6. The molecule has 0 aliphatic rings. The zero-order chi connectivity index (χ0) is 14.7. The number of ether oxygens (including phenoxy) is 2. The standard InChI is InChI=1S/C17H18N2O2.ClH/c1-20-14-4-6-16(17(10-14)21-2)19-11-12-3-5-15-13(9-12)7-8-18-15;/h3-10,18-19H,11H2,1-2H3;1H. The van der Waals surface area contributed by atoms with Crippen LogP contribution in [0, 0.1) is 0 Å². The molecule has 0 atom stereocenters. The molecule has 0 saturated heterocycles. The molecule has 3 aromatic rings. The molecule has 22 heavy (non-hydrogen) atoms. The van der Waals surface area contributed by atoms with Crippen LogP contribution in [0.5, 0.6) is 11.5 Å². The monoisotopic (exact) mass is 318 g/mol. The molecular weight excluding hydrogens is 300 g/mol. The molecule has 0 unspecified atom stereocenters. The zero-order valence-electron chi connectivity index (χ0n) is 12.6. The van der Waals surface area contributed by atoms with Crippen molar-refractivity contribution >= 4 is 29.0 Å². The lowest BCUT2D eigenvalue weighted by atomic mass is 10.1. The topological polar surface area (TPSA) is 46.3 Å². The minimum Gasteiger partial charge on any atom is -0.497 e. The summed E-state index contributed by atoms with van der Waals surface area (Å²) >= 11 is 0. The zero-order valence-corrected chi connectivity index (χ0v) is 13.4. The second-order valence-electron chi connectivity index (χ2n) is 4.82. The van der Waals surface area contributed by atoms with Gasteiger partial charge in [0.25, 0.3) is 0 Å². The summed E-state index contributed by atoms with van der Waals surface area (Å²) in [5.74, 6) is 1.56. The van der Waals surface area contributed by atoms with Crippen molar-refractivity contribution < 1.29 is 9.47 Å². The number of rotatable bonds is 5. The first-order valence-corrected chi connectivity index (χ1v) is 6.82. The fourth-order valence-electron chi connectivity index (χ4n) is 2.35. The van der Waals surface area contributed by atoms with E-state index in [4.69, 9.17) is 9.47 Å². The average Bonchev–Trinajstić information content (AvgIpc) is 3.00. The summed E-state index contributed by atoms with van der Waals surface area (Å²) in [6.45, 7) is 0.740. The van der Waals surface area contributed by atoms with Crippen molar-refractivity contribution in [2.75, 3.05) is 19.5 Å². The van der Waals surface area contributed by atoms with Gasteiger partial charge >= 0.3 is 0 Å². The third kappa shape index (κ3) is 3.28. The Kier molecular flexibility index (Phi) is 5.17. The van der Waals surface area contributed by atoms with E-state index in [0.717, 1.165) is 29.2 Å². The van der Waals surface area contributed by atoms with E-state index < -0.39 is 0 Å². The third-order valence-electron chi connectivity index (χ3n) is 3.51. The van der Waals surface area contributed by atoms with Gasteiger partial charge in [0.2, 0.25) is 0 Å². The minimum atomic E-state index is 0. The van der Waals surface area contributed by atoms with E-state index in [0.29, 0.717) is 0 Å². The number of hydrogen-bond donors (Lipinski definition) is 2. The number of halogens is 1. The molecular formula is C17H19ClN2O2. The summed E-state index contributed by atoms with van der Waals surface area (Å²) in [6, 6.07) is 14.2. The Hall–Kier alpha value is -2.33. The molecule has 0 spiro atoms. The number of fused-ring (bicyclic) bond motifs is 1. The quantitative estimate of drug-likeness (QED) is 0.740. The summed E-state index contributed by atoms with van der Waals surface area (Å²) in [4.78, 5) is 3.20. The van der Waals surface area contributed by atoms with Crippen LogP contribution < -0.4 is 14.8 Å². The molecule has 1 heterocycles. The number of H-pyrrole nitrogens is 1. The first-order valence-electron chi connectivity index (χ1n) is 6.82. The Labute approximate surface area is 135 Å². The number of hydrogen-bond acceptors (Lipinski definition) is 3. The van der Waals surface area contributed by atoms with Gasteiger partial charge in [-0.2, -0.15) is 0 Å². The maximum absolute atomic E-state index is 5.39. The number of aromatic nitrogens is 1. The van der Waals surface area contributed by atoms with Crippen LogP contribution >= 0.6 is 12.4 Å². The second kappa shape index (κ2) is 7.09. The van der Waals surface area contributed by atoms with Gasteiger partial charge < -0.3 is 19.8 Å². The van der Waals surface area contributed by atoms with Crippen molar-refractivity contribution in [1.82, 2.24) is 4.98 Å². The van der Waals surface area contributed by atoms with Crippen LogP contribution in [0.15, 0.2) is 48.7 Å². The highest BCUT2D eigenvalue weighted by Crippen LogP contribution is 2.29. The summed E-state index contributed by atoms with van der Waals surface area (Å²) in [7, 11) is 3.31. The van der Waals surface area contributed by atoms with Gasteiger partial charge in [-0.1, -0.05) is 6.07 Å². The van der Waals surface area contributed by atoms with Gasteiger partial charge in [-0.3, -0.25) is 0 Å². The minimum absolute atomic E-state index is 0.